The van der Waals surface area contributed by atoms with Gasteiger partial charge in [0.15, 0.2) is 0 Å². The van der Waals surface area contributed by atoms with Gasteiger partial charge in [-0.1, -0.05) is 0 Å². The first-order valence-corrected chi connectivity index (χ1v) is 10.9. The Hall–Kier alpha value is 0.580. The molecule has 0 unspecified atom stereocenters. The highest BCUT2D eigenvalue weighted by atomic mass is 32.3. The number of hydrogen-bond donors (Lipinski definition) is 1. The quantitative estimate of drug-likeness (QED) is 0.745. The van der Waals surface area contributed by atoms with E-state index >= 15 is 0 Å². The minimum absolute atomic E-state index is 0.136. The molecule has 1 rings (SSSR count). The van der Waals surface area contributed by atoms with Gasteiger partial charge in [-0.3, -0.25) is 0 Å². The maximum absolute atomic E-state index is 8.62. The Morgan fingerprint density at radius 2 is 1.62 bits per heavy atom. The van der Waals surface area contributed by atoms with E-state index in [2.05, 4.69) is 28.7 Å². The second kappa shape index (κ2) is 5.96. The summed E-state index contributed by atoms with van der Waals surface area (Å²) in [4.78, 5) is 0. The van der Waals surface area contributed by atoms with E-state index in [0.29, 0.717) is 6.61 Å². The molecule has 16 heavy (non-hydrogen) atoms. The van der Waals surface area contributed by atoms with Gasteiger partial charge in [-0.05, 0) is 42.9 Å². The smallest absolute Gasteiger partial charge is 0.0697 e. The standard InChI is InChI=1S/C11H27NO2S2/c1-15(2)10-11-16(3,4)12(15)6-5-8-14-9-7-13/h13H,5-11H2,1-4H3. The molecular formula is C11H27NO2S2. The van der Waals surface area contributed by atoms with Crippen LogP contribution in [-0.4, -0.2) is 71.7 Å². The van der Waals surface area contributed by atoms with Gasteiger partial charge >= 0.3 is 0 Å². The molecule has 1 fully saturated rings. The Kier molecular flexibility index (Phi) is 5.45. The zero-order valence-electron chi connectivity index (χ0n) is 11.1. The van der Waals surface area contributed by atoms with Crippen LogP contribution in [0.4, 0.5) is 0 Å². The van der Waals surface area contributed by atoms with Crippen LogP contribution in [0.1, 0.15) is 6.42 Å². The first-order chi connectivity index (χ1) is 7.40. The van der Waals surface area contributed by atoms with Crippen LogP contribution in [-0.2, 0) is 4.74 Å². The van der Waals surface area contributed by atoms with Crippen molar-refractivity contribution in [2.24, 2.45) is 0 Å². The third kappa shape index (κ3) is 3.81. The molecule has 100 valence electrons. The maximum Gasteiger partial charge on any atom is 0.0697 e. The van der Waals surface area contributed by atoms with Gasteiger partial charge in [0.05, 0.1) is 13.2 Å². The number of aliphatic hydroxyl groups excluding tert-OH is 1. The highest BCUT2D eigenvalue weighted by Gasteiger charge is 2.37. The van der Waals surface area contributed by atoms with Crippen LogP contribution in [0, 0.1) is 0 Å². The number of rotatable bonds is 6. The molecule has 0 aromatic heterocycles. The maximum atomic E-state index is 8.62. The van der Waals surface area contributed by atoms with Gasteiger partial charge in [-0.25, -0.2) is 3.71 Å². The summed E-state index contributed by atoms with van der Waals surface area (Å²) in [6.07, 6.45) is 10.8. The fraction of sp³-hybridized carbons (Fsp3) is 1.00. The van der Waals surface area contributed by atoms with Gasteiger partial charge in [0.25, 0.3) is 0 Å². The largest absolute Gasteiger partial charge is 0.394 e. The topological polar surface area (TPSA) is 32.7 Å². The van der Waals surface area contributed by atoms with Crippen molar-refractivity contribution in [2.45, 2.75) is 6.42 Å². The molecule has 5 heteroatoms. The van der Waals surface area contributed by atoms with Crippen LogP contribution in [0.2, 0.25) is 0 Å². The Bertz CT molecular complexity index is 206. The fourth-order valence-corrected chi connectivity index (χ4v) is 11.8. The van der Waals surface area contributed by atoms with E-state index in [1.54, 1.807) is 0 Å². The Balaban J connectivity index is 2.33. The lowest BCUT2D eigenvalue weighted by atomic mass is 10.5. The highest BCUT2D eigenvalue weighted by Crippen LogP contribution is 2.67. The van der Waals surface area contributed by atoms with Crippen molar-refractivity contribution >= 4 is 20.4 Å². The molecule has 0 bridgehead atoms. The summed E-state index contributed by atoms with van der Waals surface area (Å²) in [5.74, 6) is 2.79. The van der Waals surface area contributed by atoms with Crippen LogP contribution >= 0.6 is 20.4 Å². The van der Waals surface area contributed by atoms with Crippen molar-refractivity contribution in [2.75, 3.05) is 62.9 Å². The third-order valence-corrected chi connectivity index (χ3v) is 10.7. The van der Waals surface area contributed by atoms with E-state index in [1.807, 2.05) is 0 Å². The first kappa shape index (κ1) is 14.6. The van der Waals surface area contributed by atoms with Crippen molar-refractivity contribution in [1.29, 1.82) is 0 Å². The average molecular weight is 269 g/mol. The fourth-order valence-electron chi connectivity index (χ4n) is 2.11. The summed E-state index contributed by atoms with van der Waals surface area (Å²) in [7, 11) is -1.04. The van der Waals surface area contributed by atoms with Crippen molar-refractivity contribution in [3.63, 3.8) is 0 Å². The minimum Gasteiger partial charge on any atom is -0.394 e. The zero-order chi connectivity index (χ0) is 12.2. The molecule has 1 heterocycles. The van der Waals surface area contributed by atoms with Crippen LogP contribution < -0.4 is 0 Å². The third-order valence-electron chi connectivity index (χ3n) is 3.05. The normalized spacial score (nSPS) is 27.8. The van der Waals surface area contributed by atoms with Gasteiger partial charge in [-0.15, -0.1) is 0 Å². The van der Waals surface area contributed by atoms with Gasteiger partial charge in [0.2, 0.25) is 0 Å². The molecule has 0 radical (unpaired) electrons. The van der Waals surface area contributed by atoms with E-state index in [-0.39, 0.29) is 6.61 Å². The van der Waals surface area contributed by atoms with Crippen molar-refractivity contribution in [3.8, 4) is 0 Å². The Morgan fingerprint density at radius 3 is 2.12 bits per heavy atom. The number of aliphatic hydroxyl groups is 1. The second-order valence-electron chi connectivity index (χ2n) is 5.11. The van der Waals surface area contributed by atoms with Crippen LogP contribution in [0.15, 0.2) is 0 Å². The molecule has 1 N–H and O–H groups in total. The zero-order valence-corrected chi connectivity index (χ0v) is 12.7. The summed E-state index contributed by atoms with van der Waals surface area (Å²) in [6, 6.07) is 0. The summed E-state index contributed by atoms with van der Waals surface area (Å²) in [6.45, 7) is 2.56. The second-order valence-corrected chi connectivity index (χ2v) is 13.0. The number of ether oxygens (including phenoxy) is 1. The van der Waals surface area contributed by atoms with Crippen LogP contribution in [0.5, 0.6) is 0 Å². The Labute approximate surface area is 103 Å². The molecule has 0 saturated carbocycles. The number of hydrogen-bond acceptors (Lipinski definition) is 3. The number of nitrogens with zero attached hydrogens (tertiary/aromatic N) is 1. The lowest BCUT2D eigenvalue weighted by Gasteiger charge is -2.46. The molecule has 0 aromatic carbocycles. The van der Waals surface area contributed by atoms with E-state index in [9.17, 15) is 0 Å². The molecule has 1 aliphatic heterocycles. The molecule has 1 aliphatic rings. The predicted octanol–water partition coefficient (Wildman–Crippen LogP) is 1.66. The lowest BCUT2D eigenvalue weighted by Crippen LogP contribution is -2.25. The molecule has 1 saturated heterocycles. The van der Waals surface area contributed by atoms with Gasteiger partial charge < -0.3 is 9.84 Å². The van der Waals surface area contributed by atoms with Crippen LogP contribution in [0.3, 0.4) is 0 Å². The van der Waals surface area contributed by atoms with E-state index in [1.165, 1.54) is 11.5 Å². The SMILES string of the molecule is CS1(C)CCS(C)(C)N1CCCOCCO. The van der Waals surface area contributed by atoms with E-state index < -0.39 is 20.4 Å². The molecule has 0 amide bonds. The van der Waals surface area contributed by atoms with E-state index in [4.69, 9.17) is 9.84 Å². The molecule has 0 spiro atoms. The predicted molar refractivity (Wildman–Crippen MR) is 77.8 cm³/mol. The first-order valence-electron chi connectivity index (χ1n) is 5.79. The Morgan fingerprint density at radius 1 is 1.06 bits per heavy atom. The summed E-state index contributed by atoms with van der Waals surface area (Å²) < 4.78 is 8.09. The van der Waals surface area contributed by atoms with Crippen molar-refractivity contribution < 1.29 is 9.84 Å². The van der Waals surface area contributed by atoms with Crippen molar-refractivity contribution in [1.82, 2.24) is 3.71 Å². The molecule has 0 aromatic rings. The molecule has 0 aliphatic carbocycles. The van der Waals surface area contributed by atoms with Gasteiger partial charge in [0, 0.05) is 13.2 Å². The monoisotopic (exact) mass is 269 g/mol. The van der Waals surface area contributed by atoms with Gasteiger partial charge in [0.1, 0.15) is 0 Å². The minimum atomic E-state index is -0.522. The van der Waals surface area contributed by atoms with E-state index in [0.717, 1.165) is 19.6 Å². The molecular weight excluding hydrogens is 242 g/mol. The molecule has 3 nitrogen and oxygen atoms in total. The van der Waals surface area contributed by atoms with Gasteiger partial charge in [-0.2, -0.15) is 20.4 Å². The average Bonchev–Trinajstić information content (AvgIpc) is 2.39. The van der Waals surface area contributed by atoms with Crippen LogP contribution in [0.25, 0.3) is 0 Å². The molecule has 0 atom stereocenters. The van der Waals surface area contributed by atoms with Crippen molar-refractivity contribution in [3.05, 3.63) is 0 Å². The summed E-state index contributed by atoms with van der Waals surface area (Å²) in [5, 5.41) is 8.62. The summed E-state index contributed by atoms with van der Waals surface area (Å²) in [5.41, 5.74) is 0. The highest BCUT2D eigenvalue weighted by molar-refractivity contribution is 8.47. The summed E-state index contributed by atoms with van der Waals surface area (Å²) >= 11 is 0. The lowest BCUT2D eigenvalue weighted by molar-refractivity contribution is 0.0902.